The van der Waals surface area contributed by atoms with Gasteiger partial charge in [-0.1, -0.05) is 54.6 Å². The number of carboxylic acids is 1. The van der Waals surface area contributed by atoms with Crippen LogP contribution in [0, 0.1) is 25.2 Å². The Bertz CT molecular complexity index is 2070. The van der Waals surface area contributed by atoms with E-state index < -0.39 is 21.6 Å². The molecule has 5 rings (SSSR count). The number of alkyl halides is 3. The first-order valence-electron chi connectivity index (χ1n) is 13.3. The number of carbonyl (C=O) groups excluding carboxylic acids is 1. The van der Waals surface area contributed by atoms with Crippen molar-refractivity contribution in [1.82, 2.24) is 0 Å². The maximum atomic E-state index is 12.6. The number of hydrogen-bond donors (Lipinski definition) is 1. The lowest BCUT2D eigenvalue weighted by Gasteiger charge is -2.16. The van der Waals surface area contributed by atoms with Gasteiger partial charge in [-0.3, -0.25) is 4.55 Å². The second-order valence-corrected chi connectivity index (χ2v) is 11.6. The first-order valence-corrected chi connectivity index (χ1v) is 14.8. The third-order valence-corrected chi connectivity index (χ3v) is 7.92. The number of nitrogens with zero attached hydrogens (tertiary/aromatic N) is 2. The minimum Gasteiger partial charge on any atom is -0.545 e. The molecule has 5 aromatic rings. The highest BCUT2D eigenvalue weighted by atomic mass is 32.2. The summed E-state index contributed by atoms with van der Waals surface area (Å²) in [6.07, 6.45) is 0.865. The molecule has 0 unspecified atom stereocenters. The van der Waals surface area contributed by atoms with Gasteiger partial charge in [0.05, 0.1) is 22.8 Å². The molecule has 0 bridgehead atoms. The molecule has 44 heavy (non-hydrogen) atoms. The van der Waals surface area contributed by atoms with Crippen LogP contribution in [0.5, 0.6) is 0 Å². The Morgan fingerprint density at radius 1 is 0.909 bits per heavy atom. The van der Waals surface area contributed by atoms with Crippen molar-refractivity contribution in [2.75, 3.05) is 0 Å². The van der Waals surface area contributed by atoms with E-state index in [9.17, 15) is 28.3 Å². The van der Waals surface area contributed by atoms with E-state index in [1.165, 1.54) is 0 Å². The number of aromatic nitrogens is 1. The van der Waals surface area contributed by atoms with Crippen molar-refractivity contribution in [3.05, 3.63) is 101 Å². The van der Waals surface area contributed by atoms with E-state index in [-0.39, 0.29) is 5.56 Å². The summed E-state index contributed by atoms with van der Waals surface area (Å²) in [7, 11) is -3.87. The van der Waals surface area contributed by atoms with Crippen LogP contribution >= 0.6 is 0 Å². The Hall–Kier alpha value is -4.79. The van der Waals surface area contributed by atoms with E-state index >= 15 is 0 Å². The number of hydrogen-bond acceptors (Lipinski definition) is 5. The quantitative estimate of drug-likeness (QED) is 0.112. The van der Waals surface area contributed by atoms with Gasteiger partial charge in [0.15, 0.2) is 0 Å². The Kier molecular flexibility index (Phi) is 9.09. The summed E-state index contributed by atoms with van der Waals surface area (Å²) in [6.45, 7) is 4.11. The first-order chi connectivity index (χ1) is 20.7. The van der Waals surface area contributed by atoms with Crippen molar-refractivity contribution in [2.24, 2.45) is 7.05 Å². The summed E-state index contributed by atoms with van der Waals surface area (Å²) in [5, 5.41) is 23.2. The molecule has 0 aliphatic heterocycles. The molecule has 1 aromatic heterocycles. The van der Waals surface area contributed by atoms with Crippen LogP contribution in [-0.4, -0.2) is 24.4 Å². The topological polar surface area (TPSA) is 122 Å². The zero-order chi connectivity index (χ0) is 32.4. The van der Waals surface area contributed by atoms with Crippen molar-refractivity contribution >= 4 is 37.9 Å². The molecule has 0 atom stereocenters. The zero-order valence-electron chi connectivity index (χ0n) is 23.9. The van der Waals surface area contributed by atoms with Crippen LogP contribution in [-0.2, 0) is 23.6 Å². The lowest BCUT2D eigenvalue weighted by atomic mass is 9.91. The van der Waals surface area contributed by atoms with Crippen LogP contribution in [0.25, 0.3) is 44.1 Å². The predicted molar refractivity (Wildman–Crippen MR) is 159 cm³/mol. The number of fused-ring (bicyclic) bond motifs is 2. The average molecular weight is 621 g/mol. The highest BCUT2D eigenvalue weighted by Gasteiger charge is 2.44. The van der Waals surface area contributed by atoms with Crippen LogP contribution < -0.4 is 9.67 Å². The van der Waals surface area contributed by atoms with Gasteiger partial charge in [-0.15, -0.1) is 0 Å². The normalized spacial score (nSPS) is 11.6. The number of aryl methyl sites for hydroxylation is 4. The lowest BCUT2D eigenvalue weighted by Crippen LogP contribution is -2.34. The van der Waals surface area contributed by atoms with E-state index in [1.54, 1.807) is 0 Å². The first kappa shape index (κ1) is 32.1. The average Bonchev–Trinajstić information content (AvgIpc) is 2.95. The minimum absolute atomic E-state index is 0.183. The lowest BCUT2D eigenvalue weighted by molar-refractivity contribution is -0.618. The molecular formula is C33H27F3N2O5S. The van der Waals surface area contributed by atoms with E-state index in [1.807, 2.05) is 74.6 Å². The maximum Gasteiger partial charge on any atom is 0.522 e. The van der Waals surface area contributed by atoms with Crippen molar-refractivity contribution in [3.63, 3.8) is 0 Å². The fraction of sp³-hybridized carbons (Fsp3) is 0.182. The number of pyridine rings is 1. The van der Waals surface area contributed by atoms with Crippen molar-refractivity contribution in [3.8, 4) is 28.3 Å². The van der Waals surface area contributed by atoms with Gasteiger partial charge in [0.2, 0.25) is 11.0 Å². The van der Waals surface area contributed by atoms with E-state index in [0.717, 1.165) is 50.0 Å². The largest absolute Gasteiger partial charge is 0.545 e. The van der Waals surface area contributed by atoms with E-state index in [0.29, 0.717) is 23.6 Å². The number of halogens is 3. The molecule has 0 saturated heterocycles. The second-order valence-electron chi connectivity index (χ2n) is 10.2. The molecule has 0 spiro atoms. The van der Waals surface area contributed by atoms with Crippen LogP contribution in [0.2, 0.25) is 0 Å². The van der Waals surface area contributed by atoms with Gasteiger partial charge in [-0.05, 0) is 71.8 Å². The van der Waals surface area contributed by atoms with Gasteiger partial charge < -0.3 is 9.90 Å². The molecule has 4 aromatic carbocycles. The van der Waals surface area contributed by atoms with Crippen LogP contribution in [0.15, 0.2) is 78.9 Å². The molecule has 226 valence electrons. The predicted octanol–water partition coefficient (Wildman–Crippen LogP) is 5.98. The fourth-order valence-corrected chi connectivity index (χ4v) is 5.28. The van der Waals surface area contributed by atoms with Crippen molar-refractivity contribution < 1.29 is 40.6 Å². The number of carbonyl (C=O) groups is 1. The third-order valence-electron chi connectivity index (χ3n) is 7.34. The standard InChI is InChI=1S/C32H26N2O2.CHF3O3S/c1-20-9-4-6-12-25(20)22-14-15-27-29(19-22)34(3)31-23(11-8-16-33)17-24(18-28(31)30(27)32(35)36)26-13-7-5-10-21(26)2;2-1(3,4)8(5,6)7/h4-7,9-10,12-15,17-19H,8,11H2,1-3H3;(H,5,6,7). The number of aromatic carboxylic acids is 1. The Morgan fingerprint density at radius 3 is 1.95 bits per heavy atom. The number of carboxylic acid groups (broad SMARTS) is 1. The van der Waals surface area contributed by atoms with Crippen molar-refractivity contribution in [1.29, 1.82) is 5.26 Å². The van der Waals surface area contributed by atoms with Crippen LogP contribution in [0.4, 0.5) is 13.2 Å². The van der Waals surface area contributed by atoms with E-state index in [2.05, 4.69) is 35.8 Å². The van der Waals surface area contributed by atoms with Gasteiger partial charge in [-0.2, -0.15) is 31.4 Å². The monoisotopic (exact) mass is 620 g/mol. The number of benzene rings is 4. The Morgan fingerprint density at radius 2 is 1.45 bits per heavy atom. The fourth-order valence-electron chi connectivity index (χ4n) is 5.28. The summed E-state index contributed by atoms with van der Waals surface area (Å²) in [5.41, 5.74) is 3.58. The summed E-state index contributed by atoms with van der Waals surface area (Å²) in [4.78, 5) is 12.6. The molecule has 0 aliphatic carbocycles. The molecule has 0 fully saturated rings. The number of rotatable bonds is 5. The van der Waals surface area contributed by atoms with Crippen LogP contribution in [0.3, 0.4) is 0 Å². The summed E-state index contributed by atoms with van der Waals surface area (Å²) < 4.78 is 59.6. The molecule has 0 amide bonds. The Labute approximate surface area is 252 Å². The van der Waals surface area contributed by atoms with Gasteiger partial charge in [-0.25, -0.2) is 0 Å². The molecule has 0 aliphatic rings. The Balaban J connectivity index is 0.000000488. The van der Waals surface area contributed by atoms with Gasteiger partial charge >= 0.3 is 15.6 Å². The van der Waals surface area contributed by atoms with Crippen molar-refractivity contribution in [2.45, 2.75) is 32.2 Å². The summed E-state index contributed by atoms with van der Waals surface area (Å²) in [6, 6.07) is 28.4. The SMILES string of the molecule is Cc1ccccc1-c1cc(CCC#N)c2c(c1)c(C(=O)[O-])c1ccc(-c3ccccc3C)cc1[n+]2C.O=S(=O)(O)C(F)(F)F. The van der Waals surface area contributed by atoms with Gasteiger partial charge in [0.25, 0.3) is 0 Å². The smallest absolute Gasteiger partial charge is 0.522 e. The zero-order valence-corrected chi connectivity index (χ0v) is 24.8. The minimum atomic E-state index is -5.84. The molecule has 1 N–H and O–H groups in total. The highest BCUT2D eigenvalue weighted by Crippen LogP contribution is 2.35. The molecule has 11 heteroatoms. The third kappa shape index (κ3) is 6.41. The highest BCUT2D eigenvalue weighted by molar-refractivity contribution is 7.86. The second kappa shape index (κ2) is 12.4. The summed E-state index contributed by atoms with van der Waals surface area (Å²) in [5.74, 6) is -1.21. The molecule has 0 saturated carbocycles. The van der Waals surface area contributed by atoms with Gasteiger partial charge in [0.1, 0.15) is 7.05 Å². The number of nitriles is 1. The van der Waals surface area contributed by atoms with Gasteiger partial charge in [0, 0.05) is 23.6 Å². The molecular weight excluding hydrogens is 593 g/mol. The maximum absolute atomic E-state index is 12.6. The van der Waals surface area contributed by atoms with Crippen LogP contribution in [0.1, 0.15) is 33.5 Å². The summed E-state index contributed by atoms with van der Waals surface area (Å²) >= 11 is 0. The van der Waals surface area contributed by atoms with E-state index in [4.69, 9.17) is 13.0 Å². The molecule has 0 radical (unpaired) electrons. The molecule has 1 heterocycles. The molecule has 7 nitrogen and oxygen atoms in total.